The maximum absolute atomic E-state index is 10.9. The summed E-state index contributed by atoms with van der Waals surface area (Å²) in [4.78, 5) is 10.9. The Kier molecular flexibility index (Phi) is 4.63. The van der Waals surface area contributed by atoms with Crippen molar-refractivity contribution in [1.82, 2.24) is 0 Å². The van der Waals surface area contributed by atoms with Gasteiger partial charge in [0.05, 0.1) is 12.5 Å². The largest absolute Gasteiger partial charge is 0.466 e. The highest BCUT2D eigenvalue weighted by atomic mass is 16.5. The van der Waals surface area contributed by atoms with Gasteiger partial charge in [0.2, 0.25) is 0 Å². The maximum atomic E-state index is 10.9. The molecule has 0 fully saturated rings. The minimum absolute atomic E-state index is 0.107. The van der Waals surface area contributed by atoms with Crippen molar-refractivity contribution in [2.24, 2.45) is 5.92 Å². The van der Waals surface area contributed by atoms with E-state index in [1.807, 2.05) is 26.0 Å². The average Bonchev–Trinajstić information content (AvgIpc) is 1.89. The van der Waals surface area contributed by atoms with Crippen LogP contribution in [0.15, 0.2) is 12.2 Å². The lowest BCUT2D eigenvalue weighted by molar-refractivity contribution is -0.145. The molecule has 0 saturated heterocycles. The van der Waals surface area contributed by atoms with E-state index in [1.165, 1.54) is 0 Å². The SMILES string of the molecule is C/C=C\[C@@H](C)C(=O)OCC. The Bertz CT molecular complexity index is 127. The van der Waals surface area contributed by atoms with Crippen LogP contribution in [0.3, 0.4) is 0 Å². The fourth-order valence-electron chi connectivity index (χ4n) is 0.641. The van der Waals surface area contributed by atoms with E-state index in [-0.39, 0.29) is 11.9 Å². The van der Waals surface area contributed by atoms with Crippen molar-refractivity contribution < 1.29 is 9.53 Å². The fraction of sp³-hybridized carbons (Fsp3) is 0.625. The van der Waals surface area contributed by atoms with Gasteiger partial charge in [-0.1, -0.05) is 12.2 Å². The van der Waals surface area contributed by atoms with Gasteiger partial charge in [-0.25, -0.2) is 0 Å². The Labute approximate surface area is 61.9 Å². The molecule has 0 radical (unpaired) electrons. The Morgan fingerprint density at radius 2 is 2.30 bits per heavy atom. The highest BCUT2D eigenvalue weighted by Crippen LogP contribution is 1.99. The third-order valence-corrected chi connectivity index (χ3v) is 1.14. The molecule has 10 heavy (non-hydrogen) atoms. The van der Waals surface area contributed by atoms with E-state index in [2.05, 4.69) is 0 Å². The van der Waals surface area contributed by atoms with Crippen LogP contribution in [0.2, 0.25) is 0 Å². The molecule has 0 aliphatic carbocycles. The molecule has 0 aromatic rings. The lowest BCUT2D eigenvalue weighted by Gasteiger charge is -2.03. The third-order valence-electron chi connectivity index (χ3n) is 1.14. The number of hydrogen-bond donors (Lipinski definition) is 0. The zero-order chi connectivity index (χ0) is 7.98. The Hall–Kier alpha value is -0.790. The molecule has 0 aromatic carbocycles. The van der Waals surface area contributed by atoms with Gasteiger partial charge >= 0.3 is 5.97 Å². The minimum Gasteiger partial charge on any atom is -0.466 e. The molecule has 0 heterocycles. The van der Waals surface area contributed by atoms with Crippen LogP contribution in [0.25, 0.3) is 0 Å². The van der Waals surface area contributed by atoms with Gasteiger partial charge in [-0.3, -0.25) is 4.79 Å². The van der Waals surface area contributed by atoms with Gasteiger partial charge in [-0.2, -0.15) is 0 Å². The molecular formula is C8H14O2. The van der Waals surface area contributed by atoms with Crippen molar-refractivity contribution in [1.29, 1.82) is 0 Å². The number of carbonyl (C=O) groups is 1. The Morgan fingerprint density at radius 3 is 2.70 bits per heavy atom. The highest BCUT2D eigenvalue weighted by molar-refractivity contribution is 5.73. The summed E-state index contributed by atoms with van der Waals surface area (Å²) in [5.74, 6) is -0.259. The topological polar surface area (TPSA) is 26.3 Å². The molecule has 1 atom stereocenters. The van der Waals surface area contributed by atoms with Gasteiger partial charge in [0, 0.05) is 0 Å². The van der Waals surface area contributed by atoms with Gasteiger partial charge in [0.15, 0.2) is 0 Å². The highest BCUT2D eigenvalue weighted by Gasteiger charge is 2.08. The summed E-state index contributed by atoms with van der Waals surface area (Å²) >= 11 is 0. The second kappa shape index (κ2) is 5.03. The summed E-state index contributed by atoms with van der Waals surface area (Å²) in [6.45, 7) is 5.97. The Morgan fingerprint density at radius 1 is 1.70 bits per heavy atom. The van der Waals surface area contributed by atoms with E-state index in [1.54, 1.807) is 6.92 Å². The molecular weight excluding hydrogens is 128 g/mol. The molecule has 0 spiro atoms. The molecule has 0 unspecified atom stereocenters. The standard InChI is InChI=1S/C8H14O2/c1-4-6-7(3)8(9)10-5-2/h4,6-7H,5H2,1-3H3/b6-4-/t7-/m1/s1. The summed E-state index contributed by atoms with van der Waals surface area (Å²) in [7, 11) is 0. The van der Waals surface area contributed by atoms with E-state index in [9.17, 15) is 4.79 Å². The van der Waals surface area contributed by atoms with E-state index < -0.39 is 0 Å². The predicted molar refractivity (Wildman–Crippen MR) is 40.6 cm³/mol. The summed E-state index contributed by atoms with van der Waals surface area (Å²) in [6, 6.07) is 0. The first-order chi connectivity index (χ1) is 4.72. The molecule has 0 aromatic heterocycles. The number of carbonyl (C=O) groups excluding carboxylic acids is 1. The summed E-state index contributed by atoms with van der Waals surface area (Å²) in [6.07, 6.45) is 3.67. The van der Waals surface area contributed by atoms with Gasteiger partial charge in [0.1, 0.15) is 0 Å². The molecule has 2 nitrogen and oxygen atoms in total. The van der Waals surface area contributed by atoms with Gasteiger partial charge in [-0.15, -0.1) is 0 Å². The molecule has 0 bridgehead atoms. The zero-order valence-corrected chi connectivity index (χ0v) is 6.76. The smallest absolute Gasteiger partial charge is 0.312 e. The summed E-state index contributed by atoms with van der Waals surface area (Å²) in [5, 5.41) is 0. The van der Waals surface area contributed by atoms with Crippen LogP contribution >= 0.6 is 0 Å². The first-order valence-corrected chi connectivity index (χ1v) is 3.51. The molecule has 0 rings (SSSR count). The lowest BCUT2D eigenvalue weighted by atomic mass is 10.2. The number of ether oxygens (including phenoxy) is 1. The van der Waals surface area contributed by atoms with Gasteiger partial charge < -0.3 is 4.74 Å². The van der Waals surface area contributed by atoms with Crippen molar-refractivity contribution in [2.75, 3.05) is 6.61 Å². The van der Waals surface area contributed by atoms with Crippen LogP contribution in [0.4, 0.5) is 0 Å². The Balaban J connectivity index is 3.70. The van der Waals surface area contributed by atoms with Crippen molar-refractivity contribution in [3.8, 4) is 0 Å². The minimum atomic E-state index is -0.152. The molecule has 0 aliphatic rings. The fourth-order valence-corrected chi connectivity index (χ4v) is 0.641. The summed E-state index contributed by atoms with van der Waals surface area (Å²) in [5.41, 5.74) is 0. The molecule has 58 valence electrons. The van der Waals surface area contributed by atoms with Gasteiger partial charge in [0.25, 0.3) is 0 Å². The number of esters is 1. The third kappa shape index (κ3) is 3.28. The van der Waals surface area contributed by atoms with Crippen LogP contribution in [0, 0.1) is 5.92 Å². The predicted octanol–water partition coefficient (Wildman–Crippen LogP) is 1.76. The van der Waals surface area contributed by atoms with Crippen molar-refractivity contribution in [2.45, 2.75) is 20.8 Å². The zero-order valence-electron chi connectivity index (χ0n) is 6.76. The molecule has 0 N–H and O–H groups in total. The molecule has 0 aliphatic heterocycles. The number of rotatable bonds is 3. The second-order valence-electron chi connectivity index (χ2n) is 2.07. The van der Waals surface area contributed by atoms with Crippen molar-refractivity contribution in [3.63, 3.8) is 0 Å². The van der Waals surface area contributed by atoms with E-state index >= 15 is 0 Å². The van der Waals surface area contributed by atoms with E-state index in [0.717, 1.165) is 0 Å². The van der Waals surface area contributed by atoms with Crippen LogP contribution in [-0.4, -0.2) is 12.6 Å². The van der Waals surface area contributed by atoms with Crippen LogP contribution < -0.4 is 0 Å². The monoisotopic (exact) mass is 142 g/mol. The van der Waals surface area contributed by atoms with Crippen molar-refractivity contribution >= 4 is 5.97 Å². The van der Waals surface area contributed by atoms with Crippen LogP contribution in [-0.2, 0) is 9.53 Å². The van der Waals surface area contributed by atoms with Crippen LogP contribution in [0.5, 0.6) is 0 Å². The van der Waals surface area contributed by atoms with E-state index in [0.29, 0.717) is 6.61 Å². The first kappa shape index (κ1) is 9.21. The van der Waals surface area contributed by atoms with Crippen molar-refractivity contribution in [3.05, 3.63) is 12.2 Å². The van der Waals surface area contributed by atoms with Gasteiger partial charge in [-0.05, 0) is 20.8 Å². The number of allylic oxidation sites excluding steroid dienone is 1. The van der Waals surface area contributed by atoms with Crippen LogP contribution in [0.1, 0.15) is 20.8 Å². The normalized spacial score (nSPS) is 13.5. The molecule has 2 heteroatoms. The van der Waals surface area contributed by atoms with E-state index in [4.69, 9.17) is 4.74 Å². The summed E-state index contributed by atoms with van der Waals surface area (Å²) < 4.78 is 4.77. The number of hydrogen-bond acceptors (Lipinski definition) is 2. The molecule has 0 amide bonds. The lowest BCUT2D eigenvalue weighted by Crippen LogP contribution is -2.12. The quantitative estimate of drug-likeness (QED) is 0.443. The maximum Gasteiger partial charge on any atom is 0.312 e. The molecule has 0 saturated carbocycles. The first-order valence-electron chi connectivity index (χ1n) is 3.51. The average molecular weight is 142 g/mol. The second-order valence-corrected chi connectivity index (χ2v) is 2.07.